The van der Waals surface area contributed by atoms with Gasteiger partial charge in [-0.05, 0) is 36.5 Å². The highest BCUT2D eigenvalue weighted by Crippen LogP contribution is 2.24. The minimum Gasteiger partial charge on any atom is -0.266 e. The molecule has 1 aliphatic heterocycles. The van der Waals surface area contributed by atoms with Crippen LogP contribution in [0.1, 0.15) is 12.0 Å². The first-order chi connectivity index (χ1) is 11.4. The molecule has 0 amide bonds. The second-order valence-electron chi connectivity index (χ2n) is 6.40. The molecule has 1 unspecified atom stereocenters. The van der Waals surface area contributed by atoms with E-state index in [9.17, 15) is 8.42 Å². The van der Waals surface area contributed by atoms with Gasteiger partial charge < -0.3 is 0 Å². The van der Waals surface area contributed by atoms with Gasteiger partial charge in [-0.3, -0.25) is 9.67 Å². The molecule has 7 nitrogen and oxygen atoms in total. The molecule has 0 spiro atoms. The highest BCUT2D eigenvalue weighted by Gasteiger charge is 2.32. The van der Waals surface area contributed by atoms with Crippen LogP contribution in [0.2, 0.25) is 0 Å². The Morgan fingerprint density at radius 1 is 1.29 bits per heavy atom. The maximum Gasteiger partial charge on any atom is 0.281 e. The summed E-state index contributed by atoms with van der Waals surface area (Å²) in [4.78, 5) is 4.52. The Hall–Kier alpha value is -1.77. The fourth-order valence-electron chi connectivity index (χ4n) is 3.06. The van der Waals surface area contributed by atoms with Gasteiger partial charge in [0.2, 0.25) is 0 Å². The number of nitrogens with zero attached hydrogens (tertiary/aromatic N) is 5. The molecule has 1 atom stereocenters. The predicted molar refractivity (Wildman–Crippen MR) is 92.4 cm³/mol. The predicted octanol–water partition coefficient (Wildman–Crippen LogP) is 1.15. The van der Waals surface area contributed by atoms with Crippen LogP contribution in [0.4, 0.5) is 0 Å². The van der Waals surface area contributed by atoms with Crippen LogP contribution in [0.5, 0.6) is 0 Å². The zero-order valence-corrected chi connectivity index (χ0v) is 15.1. The molecule has 0 saturated carbocycles. The van der Waals surface area contributed by atoms with E-state index in [4.69, 9.17) is 0 Å². The van der Waals surface area contributed by atoms with Crippen LogP contribution in [0.25, 0.3) is 11.4 Å². The summed E-state index contributed by atoms with van der Waals surface area (Å²) in [6.07, 6.45) is 5.36. The maximum absolute atomic E-state index is 12.2. The second kappa shape index (κ2) is 6.62. The van der Waals surface area contributed by atoms with Gasteiger partial charge in [0.05, 0.1) is 11.4 Å². The van der Waals surface area contributed by atoms with E-state index < -0.39 is 10.2 Å². The van der Waals surface area contributed by atoms with Crippen molar-refractivity contribution in [3.63, 3.8) is 0 Å². The van der Waals surface area contributed by atoms with Crippen LogP contribution < -0.4 is 0 Å². The second-order valence-corrected chi connectivity index (χ2v) is 8.54. The Morgan fingerprint density at radius 2 is 2.08 bits per heavy atom. The minimum absolute atomic E-state index is 0.337. The van der Waals surface area contributed by atoms with E-state index in [2.05, 4.69) is 16.1 Å². The van der Waals surface area contributed by atoms with Crippen molar-refractivity contribution < 1.29 is 8.42 Å². The van der Waals surface area contributed by atoms with E-state index in [1.54, 1.807) is 29.3 Å². The van der Waals surface area contributed by atoms with Gasteiger partial charge in [-0.25, -0.2) is 0 Å². The fraction of sp³-hybridized carbons (Fsp3) is 0.500. The van der Waals surface area contributed by atoms with E-state index in [1.807, 2.05) is 25.4 Å². The highest BCUT2D eigenvalue weighted by atomic mass is 32.2. The summed E-state index contributed by atoms with van der Waals surface area (Å²) in [5.74, 6) is 0.337. The summed E-state index contributed by atoms with van der Waals surface area (Å²) in [7, 11) is 1.74. The first-order valence-electron chi connectivity index (χ1n) is 7.99. The molecule has 0 radical (unpaired) electrons. The molecule has 2 aromatic rings. The largest absolute Gasteiger partial charge is 0.281 e. The number of rotatable bonds is 5. The van der Waals surface area contributed by atoms with Crippen LogP contribution in [0, 0.1) is 5.92 Å². The number of hydrogen-bond donors (Lipinski definition) is 0. The van der Waals surface area contributed by atoms with Gasteiger partial charge in [0.15, 0.2) is 0 Å². The normalized spacial score (nSPS) is 19.2. The topological polar surface area (TPSA) is 71.3 Å². The van der Waals surface area contributed by atoms with Gasteiger partial charge in [-0.1, -0.05) is 6.07 Å². The van der Waals surface area contributed by atoms with Gasteiger partial charge >= 0.3 is 0 Å². The van der Waals surface area contributed by atoms with Crippen molar-refractivity contribution in [2.24, 2.45) is 13.0 Å². The molecule has 3 heterocycles. The summed E-state index contributed by atoms with van der Waals surface area (Å²) in [5.41, 5.74) is 3.00. The lowest BCUT2D eigenvalue weighted by molar-refractivity contribution is 0.409. The Labute approximate surface area is 143 Å². The number of pyridine rings is 1. The van der Waals surface area contributed by atoms with Gasteiger partial charge in [-0.2, -0.15) is 22.1 Å². The zero-order chi connectivity index (χ0) is 17.3. The lowest BCUT2D eigenvalue weighted by Crippen LogP contribution is -2.38. The lowest BCUT2D eigenvalue weighted by Gasteiger charge is -2.20. The van der Waals surface area contributed by atoms with Crippen LogP contribution >= 0.6 is 0 Å². The number of aromatic nitrogens is 3. The van der Waals surface area contributed by atoms with E-state index in [1.165, 1.54) is 4.31 Å². The summed E-state index contributed by atoms with van der Waals surface area (Å²) in [6, 6.07) is 6.00. The van der Waals surface area contributed by atoms with Gasteiger partial charge in [0, 0.05) is 46.6 Å². The van der Waals surface area contributed by atoms with Crippen molar-refractivity contribution in [3.05, 3.63) is 36.2 Å². The van der Waals surface area contributed by atoms with Gasteiger partial charge in [-0.15, -0.1) is 0 Å². The number of hydrogen-bond acceptors (Lipinski definition) is 4. The van der Waals surface area contributed by atoms with E-state index in [-0.39, 0.29) is 0 Å². The Balaban J connectivity index is 1.65. The van der Waals surface area contributed by atoms with Crippen LogP contribution in [-0.2, 0) is 23.7 Å². The molecule has 1 fully saturated rings. The molecule has 1 saturated heterocycles. The standard InChI is InChI=1S/C16H23N5O2S/c1-19(2)24(22,23)21-9-7-14(12-21)10-13-4-5-15(17-11-13)16-6-8-18-20(16)3/h4-6,8,11,14H,7,9-10,12H2,1-3H3. The average Bonchev–Trinajstić information content (AvgIpc) is 3.17. The molecular formula is C16H23N5O2S. The quantitative estimate of drug-likeness (QED) is 0.812. The van der Waals surface area contributed by atoms with Gasteiger partial charge in [0.1, 0.15) is 0 Å². The minimum atomic E-state index is -3.30. The van der Waals surface area contributed by atoms with Crippen molar-refractivity contribution in [1.29, 1.82) is 0 Å². The molecular weight excluding hydrogens is 326 g/mol. The van der Waals surface area contributed by atoms with E-state index >= 15 is 0 Å². The molecule has 8 heteroatoms. The molecule has 2 aromatic heterocycles. The number of aryl methyl sites for hydroxylation is 1. The van der Waals surface area contributed by atoms with Crippen molar-refractivity contribution in [3.8, 4) is 11.4 Å². The first kappa shape index (κ1) is 17.1. The maximum atomic E-state index is 12.2. The lowest BCUT2D eigenvalue weighted by atomic mass is 10.00. The van der Waals surface area contributed by atoms with E-state index in [0.29, 0.717) is 19.0 Å². The molecule has 130 valence electrons. The summed E-state index contributed by atoms with van der Waals surface area (Å²) in [6.45, 7) is 1.16. The van der Waals surface area contributed by atoms with Crippen molar-refractivity contribution in [1.82, 2.24) is 23.4 Å². The van der Waals surface area contributed by atoms with Crippen LogP contribution in [0.3, 0.4) is 0 Å². The summed E-state index contributed by atoms with van der Waals surface area (Å²) in [5, 5.41) is 4.15. The Bertz CT molecular complexity index is 798. The van der Waals surface area contributed by atoms with E-state index in [0.717, 1.165) is 29.8 Å². The SMILES string of the molecule is CN(C)S(=O)(=O)N1CCC(Cc2ccc(-c3ccnn3C)nc2)C1. The molecule has 0 bridgehead atoms. The summed E-state index contributed by atoms with van der Waals surface area (Å²) < 4.78 is 29.0. The van der Waals surface area contributed by atoms with Gasteiger partial charge in [0.25, 0.3) is 10.2 Å². The van der Waals surface area contributed by atoms with Crippen molar-refractivity contribution >= 4 is 10.2 Å². The molecule has 0 aromatic carbocycles. The van der Waals surface area contributed by atoms with Crippen LogP contribution in [-0.4, -0.2) is 59.0 Å². The monoisotopic (exact) mass is 349 g/mol. The van der Waals surface area contributed by atoms with Crippen LogP contribution in [0.15, 0.2) is 30.6 Å². The van der Waals surface area contributed by atoms with Crippen molar-refractivity contribution in [2.45, 2.75) is 12.8 Å². The summed E-state index contributed by atoms with van der Waals surface area (Å²) >= 11 is 0. The first-order valence-corrected chi connectivity index (χ1v) is 9.38. The Kier molecular flexibility index (Phi) is 4.71. The van der Waals surface area contributed by atoms with Crippen molar-refractivity contribution in [2.75, 3.05) is 27.2 Å². The fourth-order valence-corrected chi connectivity index (χ4v) is 4.26. The highest BCUT2D eigenvalue weighted by molar-refractivity contribution is 7.86. The third-order valence-electron chi connectivity index (χ3n) is 4.47. The average molecular weight is 349 g/mol. The smallest absolute Gasteiger partial charge is 0.266 e. The molecule has 24 heavy (non-hydrogen) atoms. The molecule has 1 aliphatic rings. The Morgan fingerprint density at radius 3 is 2.67 bits per heavy atom. The molecule has 0 N–H and O–H groups in total. The molecule has 3 rings (SSSR count). The third kappa shape index (κ3) is 3.35. The molecule has 0 aliphatic carbocycles. The third-order valence-corrected chi connectivity index (χ3v) is 6.38. The zero-order valence-electron chi connectivity index (χ0n) is 14.3.